The average molecular weight is 695 g/mol. The van der Waals surface area contributed by atoms with Gasteiger partial charge in [-0.3, -0.25) is 9.12 Å². The van der Waals surface area contributed by atoms with Crippen molar-refractivity contribution in [3.05, 3.63) is 0 Å². The van der Waals surface area contributed by atoms with Crippen molar-refractivity contribution >= 4 is 18.2 Å². The van der Waals surface area contributed by atoms with Crippen LogP contribution < -0.4 is 34.5 Å². The Morgan fingerprint density at radius 1 is 0.467 bits per heavy atom. The summed E-state index contributed by atoms with van der Waals surface area (Å²) in [5.74, 6) is 0. The Morgan fingerprint density at radius 2 is 0.622 bits per heavy atom. The van der Waals surface area contributed by atoms with Crippen LogP contribution in [-0.2, 0) is 19.1 Å². The Morgan fingerprint density at radius 3 is 0.778 bits per heavy atom. The van der Waals surface area contributed by atoms with Crippen molar-refractivity contribution in [2.75, 3.05) is 6.61 Å². The van der Waals surface area contributed by atoms with Gasteiger partial charge in [0.1, 0.15) is 0 Å². The van der Waals surface area contributed by atoms with Gasteiger partial charge in [0.2, 0.25) is 0 Å². The molecule has 0 aliphatic heterocycles. The summed E-state index contributed by atoms with van der Waals surface area (Å²) in [7, 11) is -9.15. The third kappa shape index (κ3) is 60.8. The second kappa shape index (κ2) is 39.4. The Hall–Kier alpha value is 0.980. The molecule has 3 N–H and O–H groups in total. The van der Waals surface area contributed by atoms with E-state index in [1.54, 1.807) is 0 Å². The van der Waals surface area contributed by atoms with Gasteiger partial charge in [-0.1, -0.05) is 206 Å². The first kappa shape index (κ1) is 50.4. The molecule has 0 rings (SSSR count). The van der Waals surface area contributed by atoms with Crippen LogP contribution in [0.1, 0.15) is 212 Å². The minimum atomic E-state index is -4.89. The summed E-state index contributed by atoms with van der Waals surface area (Å²) < 4.78 is 42.4. The molecule has 45 heavy (non-hydrogen) atoms. The first-order valence-electron chi connectivity index (χ1n) is 18.4. The van der Waals surface area contributed by atoms with Crippen molar-refractivity contribution < 1.29 is 66.0 Å². The van der Waals surface area contributed by atoms with Crippen molar-refractivity contribution in [1.82, 2.24) is 0 Å². The summed E-state index contributed by atoms with van der Waals surface area (Å²) >= 11 is 0. The van der Waals surface area contributed by atoms with Gasteiger partial charge in [0.25, 0.3) is 7.82 Å². The molecule has 0 spiro atoms. The van der Waals surface area contributed by atoms with E-state index in [2.05, 4.69) is 11.1 Å². The van der Waals surface area contributed by atoms with Crippen LogP contribution in [0.2, 0.25) is 0 Å². The van der Waals surface area contributed by atoms with Crippen molar-refractivity contribution in [1.29, 1.82) is 0 Å². The van der Waals surface area contributed by atoms with E-state index in [9.17, 15) is 8.42 Å². The van der Waals surface area contributed by atoms with Gasteiger partial charge in [-0.05, 0) is 6.42 Å². The number of hydrogen-bond acceptors (Lipinski definition) is 5. The van der Waals surface area contributed by atoms with E-state index in [1.165, 1.54) is 186 Å². The van der Waals surface area contributed by atoms with Crippen LogP contribution in [0.4, 0.5) is 0 Å². The van der Waals surface area contributed by atoms with Crippen LogP contribution in [0.5, 0.6) is 0 Å². The van der Waals surface area contributed by atoms with Crippen LogP contribution in [0.3, 0.4) is 0 Å². The molecule has 0 aliphatic carbocycles. The number of unbranched alkanes of at least 4 members (excludes halogenated alkanes) is 31. The predicted molar refractivity (Wildman–Crippen MR) is 183 cm³/mol. The number of hydrogen-bond donors (Lipinski definition) is 3. The zero-order chi connectivity index (χ0) is 33.0. The molecule has 0 fully saturated rings. The smallest absolute Gasteiger partial charge is 0.756 e. The molecule has 0 atom stereocenters. The molecule has 0 radical (unpaired) electrons. The standard InChI is InChI=1S/C34H70O4S.Na.H3O4P/c1-2-3-4-5-6-7-8-9-10-11-12-13-14-15-16-17-18-19-20-21-22-23-24-25-26-27-28-29-30-31-32-33-34-38-39(35,36)37;;1-5(2,3)4/h2-34H2,1H3,(H,35,36,37);;(H3,1,2,3,4)/q;+1;/p-1. The maximum atomic E-state index is 10.4. The molecule has 0 heterocycles. The summed E-state index contributed by atoms with van der Waals surface area (Å²) in [5.41, 5.74) is 0. The maximum absolute atomic E-state index is 10.4. The summed E-state index contributed by atoms with van der Waals surface area (Å²) in [6, 6.07) is 0. The van der Waals surface area contributed by atoms with E-state index >= 15 is 0 Å². The molecule has 0 saturated carbocycles. The molecule has 11 heteroatoms. The van der Waals surface area contributed by atoms with Crippen LogP contribution in [-0.4, -0.2) is 29.4 Å². The Balaban J connectivity index is -0.00000270. The molecule has 0 aromatic carbocycles. The van der Waals surface area contributed by atoms with Crippen molar-refractivity contribution in [2.45, 2.75) is 212 Å². The van der Waals surface area contributed by atoms with E-state index in [0.29, 0.717) is 6.42 Å². The van der Waals surface area contributed by atoms with Gasteiger partial charge in [0, 0.05) is 0 Å². The molecule has 268 valence electrons. The normalized spacial score (nSPS) is 11.7. The molecule has 0 amide bonds. The Bertz CT molecular complexity index is 698. The van der Waals surface area contributed by atoms with Gasteiger partial charge in [0.05, 0.1) is 6.61 Å². The van der Waals surface area contributed by atoms with Gasteiger partial charge >= 0.3 is 40.0 Å². The summed E-state index contributed by atoms with van der Waals surface area (Å²) in [4.78, 5) is 22.9. The average Bonchev–Trinajstić information content (AvgIpc) is 2.94. The van der Waals surface area contributed by atoms with E-state index in [1.807, 2.05) is 0 Å². The van der Waals surface area contributed by atoms with Gasteiger partial charge in [-0.15, -0.1) is 0 Å². The second-order valence-electron chi connectivity index (χ2n) is 12.7. The third-order valence-corrected chi connectivity index (χ3v) is 8.69. The fraction of sp³-hybridized carbons (Fsp3) is 1.00. The van der Waals surface area contributed by atoms with E-state index in [0.717, 1.165) is 12.8 Å². The SMILES string of the molecule is CCCCCCCCCCCCCCCCCCCCCCCCCCCCCCCCCCOS(=O)(=O)O.O=P([O-])(O)O.[Na+]. The quantitative estimate of drug-likeness (QED) is 0.0268. The molecule has 8 nitrogen and oxygen atoms in total. The summed E-state index contributed by atoms with van der Waals surface area (Å²) in [6.45, 7) is 2.39. The summed E-state index contributed by atoms with van der Waals surface area (Å²) in [5, 5.41) is 0. The first-order chi connectivity index (χ1) is 21.1. The number of rotatable bonds is 34. The fourth-order valence-corrected chi connectivity index (χ4v) is 5.97. The monoisotopic (exact) mass is 694 g/mol. The van der Waals surface area contributed by atoms with Crippen molar-refractivity contribution in [3.63, 3.8) is 0 Å². The van der Waals surface area contributed by atoms with Crippen LogP contribution in [0, 0.1) is 0 Å². The predicted octanol–water partition coefficient (Wildman–Crippen LogP) is 7.75. The molecular formula is C34H72NaO8PS. The molecule has 0 aliphatic rings. The van der Waals surface area contributed by atoms with E-state index < -0.39 is 18.2 Å². The zero-order valence-corrected chi connectivity index (χ0v) is 33.3. The van der Waals surface area contributed by atoms with Gasteiger partial charge in [0.15, 0.2) is 0 Å². The first-order valence-corrected chi connectivity index (χ1v) is 21.3. The van der Waals surface area contributed by atoms with Gasteiger partial charge in [-0.25, -0.2) is 4.18 Å². The topological polar surface area (TPSA) is 144 Å². The van der Waals surface area contributed by atoms with E-state index in [-0.39, 0.29) is 36.2 Å². The van der Waals surface area contributed by atoms with Crippen molar-refractivity contribution in [2.24, 2.45) is 0 Å². The van der Waals surface area contributed by atoms with Crippen molar-refractivity contribution in [3.8, 4) is 0 Å². The van der Waals surface area contributed by atoms with Crippen LogP contribution in [0.25, 0.3) is 0 Å². The number of phosphoric acid groups is 1. The Labute approximate surface area is 301 Å². The zero-order valence-electron chi connectivity index (χ0n) is 29.6. The van der Waals surface area contributed by atoms with E-state index in [4.69, 9.17) is 23.8 Å². The minimum Gasteiger partial charge on any atom is -0.756 e. The molecular weight excluding hydrogens is 622 g/mol. The Kier molecular flexibility index (Phi) is 44.1. The van der Waals surface area contributed by atoms with Gasteiger partial charge in [-0.2, -0.15) is 8.42 Å². The van der Waals surface area contributed by atoms with Crippen LogP contribution >= 0.6 is 7.82 Å². The third-order valence-electron chi connectivity index (χ3n) is 8.23. The minimum absolute atomic E-state index is 0. The largest absolute Gasteiger partial charge is 1.00 e. The molecule has 0 bridgehead atoms. The molecule has 0 unspecified atom stereocenters. The molecule has 0 aromatic rings. The fourth-order valence-electron chi connectivity index (χ4n) is 5.64. The molecule has 0 saturated heterocycles. The molecule has 0 aromatic heterocycles. The second-order valence-corrected chi connectivity index (χ2v) is 14.8. The summed E-state index contributed by atoms with van der Waals surface area (Å²) in [6.07, 6.45) is 44.1. The maximum Gasteiger partial charge on any atom is 1.00 e. The van der Waals surface area contributed by atoms with Crippen LogP contribution in [0.15, 0.2) is 0 Å². The van der Waals surface area contributed by atoms with Gasteiger partial charge < -0.3 is 14.7 Å².